The molecule has 0 saturated carbocycles. The third-order valence-corrected chi connectivity index (χ3v) is 6.02. The molecule has 0 radical (unpaired) electrons. The van der Waals surface area contributed by atoms with E-state index < -0.39 is 9.84 Å². The Hall–Kier alpha value is -3.00. The summed E-state index contributed by atoms with van der Waals surface area (Å²) in [6.45, 7) is 2.01. The predicted octanol–water partition coefficient (Wildman–Crippen LogP) is 3.09. The lowest BCUT2D eigenvalue weighted by molar-refractivity contribution is -0.116. The maximum Gasteiger partial charge on any atom is 0.224 e. The second kappa shape index (κ2) is 6.87. The molecule has 0 bridgehead atoms. The Morgan fingerprint density at radius 3 is 2.71 bits per heavy atom. The van der Waals surface area contributed by atoms with Crippen molar-refractivity contribution in [3.05, 3.63) is 53.9 Å². The van der Waals surface area contributed by atoms with E-state index in [1.54, 1.807) is 18.2 Å². The number of aryl methyl sites for hydroxylation is 1. The number of benzene rings is 2. The van der Waals surface area contributed by atoms with Crippen molar-refractivity contribution in [2.24, 2.45) is 0 Å². The van der Waals surface area contributed by atoms with Crippen molar-refractivity contribution < 1.29 is 13.2 Å². The number of nitrogens with one attached hydrogen (secondary N) is 2. The smallest absolute Gasteiger partial charge is 0.224 e. The van der Waals surface area contributed by atoms with E-state index in [1.807, 2.05) is 19.1 Å². The van der Waals surface area contributed by atoms with Crippen molar-refractivity contribution >= 4 is 38.2 Å². The van der Waals surface area contributed by atoms with Crippen LogP contribution < -0.4 is 10.6 Å². The van der Waals surface area contributed by atoms with Gasteiger partial charge in [-0.3, -0.25) is 4.79 Å². The Balaban J connectivity index is 1.67. The molecule has 2 heterocycles. The van der Waals surface area contributed by atoms with E-state index in [0.717, 1.165) is 23.2 Å². The van der Waals surface area contributed by atoms with Crippen LogP contribution in [0.25, 0.3) is 10.9 Å². The van der Waals surface area contributed by atoms with Gasteiger partial charge in [0.1, 0.15) is 12.1 Å². The number of nitrogens with zero attached hydrogens (tertiary/aromatic N) is 2. The second-order valence-electron chi connectivity index (χ2n) is 7.00. The van der Waals surface area contributed by atoms with E-state index in [1.165, 1.54) is 12.6 Å². The van der Waals surface area contributed by atoms with Crippen LogP contribution in [0.1, 0.15) is 30.5 Å². The third-order valence-electron chi connectivity index (χ3n) is 4.91. The molecule has 1 aliphatic heterocycles. The molecule has 4 rings (SSSR count). The monoisotopic (exact) mass is 396 g/mol. The van der Waals surface area contributed by atoms with Crippen molar-refractivity contribution in [2.75, 3.05) is 16.9 Å². The lowest BCUT2D eigenvalue weighted by Gasteiger charge is -2.21. The molecule has 7 nitrogen and oxygen atoms in total. The van der Waals surface area contributed by atoms with Crippen LogP contribution in [0.15, 0.2) is 47.6 Å². The maximum absolute atomic E-state index is 11.9. The summed E-state index contributed by atoms with van der Waals surface area (Å²) in [6.07, 6.45) is 3.85. The summed E-state index contributed by atoms with van der Waals surface area (Å²) in [5, 5.41) is 6.90. The summed E-state index contributed by atoms with van der Waals surface area (Å²) in [4.78, 5) is 20.3. The minimum absolute atomic E-state index is 0.0422. The van der Waals surface area contributed by atoms with Gasteiger partial charge in [0, 0.05) is 29.8 Å². The van der Waals surface area contributed by atoms with E-state index in [2.05, 4.69) is 26.7 Å². The normalized spacial score (nSPS) is 15.0. The Bertz CT molecular complexity index is 1190. The molecule has 144 valence electrons. The van der Waals surface area contributed by atoms with Gasteiger partial charge in [-0.15, -0.1) is 0 Å². The summed E-state index contributed by atoms with van der Waals surface area (Å²) < 4.78 is 23.8. The number of rotatable bonds is 4. The van der Waals surface area contributed by atoms with Gasteiger partial charge in [-0.05, 0) is 48.7 Å². The number of carbonyl (C=O) groups excluding carboxylic acids is 1. The zero-order valence-corrected chi connectivity index (χ0v) is 16.4. The summed E-state index contributed by atoms with van der Waals surface area (Å²) in [5.41, 5.74) is 3.70. The predicted molar refractivity (Wildman–Crippen MR) is 108 cm³/mol. The third kappa shape index (κ3) is 3.55. The SMILES string of the molecule is CC(Nc1ncnc2ccc(S(C)(=O)=O)cc12)c1ccc2c(c1)CCC(=O)N2. The van der Waals surface area contributed by atoms with Gasteiger partial charge >= 0.3 is 0 Å². The fourth-order valence-corrected chi connectivity index (χ4v) is 3.99. The minimum atomic E-state index is -3.32. The highest BCUT2D eigenvalue weighted by Crippen LogP contribution is 2.29. The average Bonchev–Trinajstić information content (AvgIpc) is 2.66. The van der Waals surface area contributed by atoms with Crippen LogP contribution in [0.4, 0.5) is 11.5 Å². The van der Waals surface area contributed by atoms with E-state index in [9.17, 15) is 13.2 Å². The molecule has 1 aliphatic rings. The van der Waals surface area contributed by atoms with Crippen LogP contribution in [0.2, 0.25) is 0 Å². The van der Waals surface area contributed by atoms with Gasteiger partial charge in [-0.2, -0.15) is 0 Å². The van der Waals surface area contributed by atoms with Gasteiger partial charge in [0.2, 0.25) is 5.91 Å². The molecular formula is C20H20N4O3S. The van der Waals surface area contributed by atoms with Crippen molar-refractivity contribution in [1.29, 1.82) is 0 Å². The number of carbonyl (C=O) groups is 1. The molecule has 1 unspecified atom stereocenters. The first-order valence-electron chi connectivity index (χ1n) is 8.95. The molecule has 0 saturated heterocycles. The molecule has 1 aromatic heterocycles. The largest absolute Gasteiger partial charge is 0.363 e. The zero-order valence-electron chi connectivity index (χ0n) is 15.6. The number of sulfone groups is 1. The van der Waals surface area contributed by atoms with E-state index >= 15 is 0 Å². The lowest BCUT2D eigenvalue weighted by Crippen LogP contribution is -2.19. The van der Waals surface area contributed by atoms with Gasteiger partial charge in [0.05, 0.1) is 10.4 Å². The van der Waals surface area contributed by atoms with Crippen molar-refractivity contribution in [2.45, 2.75) is 30.7 Å². The van der Waals surface area contributed by atoms with Gasteiger partial charge in [-0.1, -0.05) is 12.1 Å². The first kappa shape index (κ1) is 18.4. The van der Waals surface area contributed by atoms with Crippen LogP contribution in [-0.2, 0) is 21.1 Å². The van der Waals surface area contributed by atoms with Gasteiger partial charge in [0.25, 0.3) is 0 Å². The van der Waals surface area contributed by atoms with Crippen LogP contribution in [-0.4, -0.2) is 30.5 Å². The Morgan fingerprint density at radius 2 is 1.93 bits per heavy atom. The fraction of sp³-hybridized carbons (Fsp3) is 0.250. The number of fused-ring (bicyclic) bond motifs is 2. The second-order valence-corrected chi connectivity index (χ2v) is 9.02. The van der Waals surface area contributed by atoms with Crippen LogP contribution in [0.5, 0.6) is 0 Å². The maximum atomic E-state index is 11.9. The molecule has 2 aromatic carbocycles. The van der Waals surface area contributed by atoms with Gasteiger partial charge in [0.15, 0.2) is 9.84 Å². The fourth-order valence-electron chi connectivity index (χ4n) is 3.34. The Labute approximate surface area is 163 Å². The standard InChI is InChI=1S/C20H20N4O3S/c1-12(13-3-6-17-14(9-13)4-8-19(25)24-17)23-20-16-10-15(28(2,26)27)5-7-18(16)21-11-22-20/h3,5-7,9-12H,4,8H2,1-2H3,(H,24,25)(H,21,22,23). The highest BCUT2D eigenvalue weighted by molar-refractivity contribution is 7.90. The van der Waals surface area contributed by atoms with Crippen molar-refractivity contribution in [3.63, 3.8) is 0 Å². The van der Waals surface area contributed by atoms with Gasteiger partial charge < -0.3 is 10.6 Å². The highest BCUT2D eigenvalue weighted by atomic mass is 32.2. The number of anilines is 2. The van der Waals surface area contributed by atoms with Crippen LogP contribution in [0.3, 0.4) is 0 Å². The van der Waals surface area contributed by atoms with E-state index in [4.69, 9.17) is 0 Å². The molecule has 1 amide bonds. The van der Waals surface area contributed by atoms with Crippen LogP contribution >= 0.6 is 0 Å². The van der Waals surface area contributed by atoms with E-state index in [-0.39, 0.29) is 16.8 Å². The molecule has 0 aliphatic carbocycles. The number of hydrogen-bond acceptors (Lipinski definition) is 6. The van der Waals surface area contributed by atoms with Crippen molar-refractivity contribution in [3.8, 4) is 0 Å². The number of hydrogen-bond donors (Lipinski definition) is 2. The lowest BCUT2D eigenvalue weighted by atomic mass is 9.98. The molecule has 8 heteroatoms. The number of aromatic nitrogens is 2. The van der Waals surface area contributed by atoms with Crippen molar-refractivity contribution in [1.82, 2.24) is 9.97 Å². The topological polar surface area (TPSA) is 101 Å². The van der Waals surface area contributed by atoms with Crippen LogP contribution in [0, 0.1) is 0 Å². The molecule has 28 heavy (non-hydrogen) atoms. The summed E-state index contributed by atoms with van der Waals surface area (Å²) in [5.74, 6) is 0.620. The summed E-state index contributed by atoms with van der Waals surface area (Å²) in [7, 11) is -3.32. The molecular weight excluding hydrogens is 376 g/mol. The quantitative estimate of drug-likeness (QED) is 0.703. The Kier molecular flexibility index (Phi) is 4.50. The molecule has 1 atom stereocenters. The molecule has 0 fully saturated rings. The first-order chi connectivity index (χ1) is 13.3. The first-order valence-corrected chi connectivity index (χ1v) is 10.8. The molecule has 0 spiro atoms. The average molecular weight is 396 g/mol. The highest BCUT2D eigenvalue weighted by Gasteiger charge is 2.17. The summed E-state index contributed by atoms with van der Waals surface area (Å²) >= 11 is 0. The summed E-state index contributed by atoms with van der Waals surface area (Å²) in [6, 6.07) is 10.7. The van der Waals surface area contributed by atoms with Gasteiger partial charge in [-0.25, -0.2) is 18.4 Å². The number of amides is 1. The minimum Gasteiger partial charge on any atom is -0.363 e. The molecule has 3 aromatic rings. The molecule has 2 N–H and O–H groups in total. The Morgan fingerprint density at radius 1 is 1.11 bits per heavy atom. The van der Waals surface area contributed by atoms with E-state index in [0.29, 0.717) is 23.1 Å². The zero-order chi connectivity index (χ0) is 19.9.